The highest BCUT2D eigenvalue weighted by molar-refractivity contribution is 8.16. The molecule has 3 aromatic rings. The zero-order valence-electron chi connectivity index (χ0n) is 22.7. The first kappa shape index (κ1) is 30.8. The number of rotatable bonds is 15. The minimum atomic E-state index is -0.937. The summed E-state index contributed by atoms with van der Waals surface area (Å²) < 4.78 is 16.8. The zero-order chi connectivity index (χ0) is 28.9. The van der Waals surface area contributed by atoms with Crippen molar-refractivity contribution in [3.05, 3.63) is 91.3 Å². The molecular weight excluding hydrogens is 581 g/mol. The highest BCUT2D eigenvalue weighted by atomic mass is 32.2. The van der Waals surface area contributed by atoms with Gasteiger partial charge in [-0.05, 0) is 71.3 Å². The van der Waals surface area contributed by atoms with Gasteiger partial charge in [-0.15, -0.1) is 11.3 Å². The van der Waals surface area contributed by atoms with Crippen molar-refractivity contribution in [3.8, 4) is 11.8 Å². The van der Waals surface area contributed by atoms with Gasteiger partial charge in [0.25, 0.3) is 0 Å². The number of methoxy groups -OCH3 is 1. The van der Waals surface area contributed by atoms with Crippen LogP contribution in [0, 0.1) is 11.8 Å². The van der Waals surface area contributed by atoms with Gasteiger partial charge in [-0.3, -0.25) is 9.80 Å². The zero-order valence-corrected chi connectivity index (χ0v) is 25.1. The Labute approximate surface area is 252 Å². The molecule has 1 aromatic carbocycles. The molecule has 0 radical (unpaired) electrons. The van der Waals surface area contributed by atoms with Gasteiger partial charge in [-0.25, -0.2) is 9.80 Å². The van der Waals surface area contributed by atoms with Crippen LogP contribution in [0.1, 0.15) is 37.7 Å². The Kier molecular flexibility index (Phi) is 12.3. The minimum absolute atomic E-state index is 0.0696. The molecule has 3 heterocycles. The summed E-state index contributed by atoms with van der Waals surface area (Å²) in [4.78, 5) is 25.2. The second-order valence-electron chi connectivity index (χ2n) is 9.04. The average molecular weight is 613 g/mol. The Balaban J connectivity index is 1.39. The lowest BCUT2D eigenvalue weighted by Crippen LogP contribution is -2.45. The van der Waals surface area contributed by atoms with Gasteiger partial charge < -0.3 is 19.3 Å². The fourth-order valence-electron chi connectivity index (χ4n) is 4.05. The number of thiophene rings is 2. The Hall–Kier alpha value is -3.11. The minimum Gasteiger partial charge on any atom is -0.477 e. The highest BCUT2D eigenvalue weighted by Crippen LogP contribution is 2.23. The van der Waals surface area contributed by atoms with Crippen molar-refractivity contribution in [2.75, 3.05) is 40.2 Å². The van der Waals surface area contributed by atoms with E-state index in [1.807, 2.05) is 46.2 Å². The van der Waals surface area contributed by atoms with Gasteiger partial charge in [0.1, 0.15) is 11.7 Å². The maximum Gasteiger partial charge on any atom is 0.345 e. The van der Waals surface area contributed by atoms with Gasteiger partial charge in [0.2, 0.25) is 0 Å². The molecule has 0 aliphatic carbocycles. The lowest BCUT2D eigenvalue weighted by molar-refractivity contribution is -0.102. The third kappa shape index (κ3) is 10.0. The Morgan fingerprint density at radius 2 is 1.98 bits per heavy atom. The molecule has 0 bridgehead atoms. The molecule has 8 nitrogen and oxygen atoms in total. The van der Waals surface area contributed by atoms with Gasteiger partial charge in [-0.1, -0.05) is 24.0 Å². The van der Waals surface area contributed by atoms with Crippen LogP contribution >= 0.6 is 34.4 Å². The van der Waals surface area contributed by atoms with Crippen LogP contribution in [0.15, 0.2) is 64.8 Å². The number of benzene rings is 1. The number of carbonyl (C=O) groups excluding carboxylic acids is 1. The number of carboxylic acids is 1. The van der Waals surface area contributed by atoms with Crippen molar-refractivity contribution in [1.29, 1.82) is 0 Å². The van der Waals surface area contributed by atoms with E-state index in [4.69, 9.17) is 14.2 Å². The van der Waals surface area contributed by atoms with Crippen molar-refractivity contribution in [2.45, 2.75) is 25.4 Å². The van der Waals surface area contributed by atoms with E-state index in [0.717, 1.165) is 33.3 Å². The van der Waals surface area contributed by atoms with E-state index < -0.39 is 5.97 Å². The molecular formula is C30H32N2O6S3. The van der Waals surface area contributed by atoms with E-state index in [1.165, 1.54) is 11.3 Å². The number of ether oxygens (including phenoxy) is 3. The first-order valence-electron chi connectivity index (χ1n) is 13.1. The van der Waals surface area contributed by atoms with E-state index in [1.54, 1.807) is 34.9 Å². The van der Waals surface area contributed by atoms with Crippen LogP contribution in [0.25, 0.3) is 0 Å². The topological polar surface area (TPSA) is 88.5 Å². The smallest absolute Gasteiger partial charge is 0.345 e. The summed E-state index contributed by atoms with van der Waals surface area (Å²) in [6, 6.07) is 13.6. The fourth-order valence-corrected chi connectivity index (χ4v) is 6.11. The lowest BCUT2D eigenvalue weighted by atomic mass is 10.0. The SMILES string of the molecule is COCCOCOC(CCN1C=CSC(=O)N1CCc1ccc(C(=O)O)s1)Cc1cccc(C#Cc2ccsc2)c1. The Bertz CT molecular complexity index is 1360. The molecule has 1 N–H and O–H groups in total. The maximum absolute atomic E-state index is 12.8. The van der Waals surface area contributed by atoms with Crippen LogP contribution in [-0.2, 0) is 27.1 Å². The molecule has 0 fully saturated rings. The van der Waals surface area contributed by atoms with Gasteiger partial charge >= 0.3 is 11.2 Å². The molecule has 2 aromatic heterocycles. The molecule has 1 atom stereocenters. The molecule has 1 aliphatic rings. The van der Waals surface area contributed by atoms with Crippen molar-refractivity contribution in [1.82, 2.24) is 10.0 Å². The molecule has 41 heavy (non-hydrogen) atoms. The monoisotopic (exact) mass is 612 g/mol. The van der Waals surface area contributed by atoms with Gasteiger partial charge in [0, 0.05) is 54.2 Å². The second kappa shape index (κ2) is 16.4. The second-order valence-corrected chi connectivity index (χ2v) is 11.8. The summed E-state index contributed by atoms with van der Waals surface area (Å²) in [5.41, 5.74) is 3.05. The molecule has 4 rings (SSSR count). The predicted octanol–water partition coefficient (Wildman–Crippen LogP) is 5.95. The summed E-state index contributed by atoms with van der Waals surface area (Å²) in [6.45, 7) is 2.09. The molecule has 216 valence electrons. The normalized spacial score (nSPS) is 13.7. The number of hydrazine groups is 1. The van der Waals surface area contributed by atoms with E-state index in [-0.39, 0.29) is 18.1 Å². The standard InChI is InChI=1S/C30H32N2O6S3/c1-36-15-16-37-22-38-26(20-25-4-2-3-23(19-25)5-6-24-11-17-39-21-24)9-12-31-14-18-40-30(35)32(31)13-10-27-7-8-28(41-27)29(33)34/h2-4,7-8,11,14,17-19,21,26H,9-10,12-13,15-16,20,22H2,1H3,(H,33,34). The molecule has 0 saturated carbocycles. The van der Waals surface area contributed by atoms with Crippen LogP contribution in [0.5, 0.6) is 0 Å². The van der Waals surface area contributed by atoms with E-state index in [9.17, 15) is 14.7 Å². The van der Waals surface area contributed by atoms with Gasteiger partial charge in [0.15, 0.2) is 0 Å². The number of hydrogen-bond acceptors (Lipinski definition) is 9. The molecule has 1 amide bonds. The van der Waals surface area contributed by atoms with Gasteiger partial charge in [0.05, 0.1) is 19.3 Å². The predicted molar refractivity (Wildman–Crippen MR) is 163 cm³/mol. The number of aromatic carboxylic acids is 1. The summed E-state index contributed by atoms with van der Waals surface area (Å²) in [6.07, 6.45) is 3.62. The number of carbonyl (C=O) groups is 2. The van der Waals surface area contributed by atoms with Gasteiger partial charge in [-0.2, -0.15) is 11.3 Å². The van der Waals surface area contributed by atoms with Crippen LogP contribution < -0.4 is 0 Å². The lowest BCUT2D eigenvalue weighted by Gasteiger charge is -2.36. The van der Waals surface area contributed by atoms with E-state index in [2.05, 4.69) is 24.0 Å². The third-order valence-electron chi connectivity index (χ3n) is 6.13. The number of carboxylic acid groups (broad SMARTS) is 1. The van der Waals surface area contributed by atoms with Crippen molar-refractivity contribution >= 4 is 45.6 Å². The summed E-state index contributed by atoms with van der Waals surface area (Å²) in [5.74, 6) is 5.50. The van der Waals surface area contributed by atoms with Crippen LogP contribution in [-0.4, -0.2) is 72.6 Å². The molecule has 0 saturated heterocycles. The number of thioether (sulfide) groups is 1. The third-order valence-corrected chi connectivity index (χ3v) is 8.61. The van der Waals surface area contributed by atoms with Crippen LogP contribution in [0.2, 0.25) is 0 Å². The van der Waals surface area contributed by atoms with E-state index >= 15 is 0 Å². The van der Waals surface area contributed by atoms with Crippen molar-refractivity contribution < 1.29 is 28.9 Å². The quantitative estimate of drug-likeness (QED) is 0.128. The van der Waals surface area contributed by atoms with E-state index in [0.29, 0.717) is 50.4 Å². The maximum atomic E-state index is 12.8. The first-order valence-corrected chi connectivity index (χ1v) is 15.7. The summed E-state index contributed by atoms with van der Waals surface area (Å²) >= 11 is 4.00. The summed E-state index contributed by atoms with van der Waals surface area (Å²) in [5, 5.41) is 18.6. The fraction of sp³-hybridized carbons (Fsp3) is 0.333. The largest absolute Gasteiger partial charge is 0.477 e. The Morgan fingerprint density at radius 1 is 1.10 bits per heavy atom. The molecule has 0 spiro atoms. The molecule has 1 unspecified atom stereocenters. The number of nitrogens with zero attached hydrogens (tertiary/aromatic N) is 2. The first-order chi connectivity index (χ1) is 20.0. The van der Waals surface area contributed by atoms with Crippen LogP contribution in [0.4, 0.5) is 4.79 Å². The number of hydrogen-bond donors (Lipinski definition) is 1. The Morgan fingerprint density at radius 3 is 2.76 bits per heavy atom. The molecule has 11 heteroatoms. The highest BCUT2D eigenvalue weighted by Gasteiger charge is 2.24. The van der Waals surface area contributed by atoms with Crippen molar-refractivity contribution in [2.24, 2.45) is 0 Å². The summed E-state index contributed by atoms with van der Waals surface area (Å²) in [7, 11) is 1.63. The van der Waals surface area contributed by atoms with Crippen LogP contribution in [0.3, 0.4) is 0 Å². The average Bonchev–Trinajstić information content (AvgIpc) is 3.67. The van der Waals surface area contributed by atoms with Crippen molar-refractivity contribution in [3.63, 3.8) is 0 Å². The molecule has 1 aliphatic heterocycles. The number of amides is 1.